The maximum atomic E-state index is 13.0. The van der Waals surface area contributed by atoms with Crippen molar-refractivity contribution in [2.45, 2.75) is 16.1 Å². The second-order valence-corrected chi connectivity index (χ2v) is 6.84. The summed E-state index contributed by atoms with van der Waals surface area (Å²) in [5, 5.41) is 13.7. The van der Waals surface area contributed by atoms with Crippen molar-refractivity contribution in [1.82, 2.24) is 9.97 Å². The molecule has 2 aromatic carbocycles. The van der Waals surface area contributed by atoms with Gasteiger partial charge in [0.05, 0.1) is 15.5 Å². The zero-order chi connectivity index (χ0) is 20.3. The summed E-state index contributed by atoms with van der Waals surface area (Å²) < 4.78 is 39.1. The molecule has 0 aliphatic rings. The molecule has 0 unspecified atom stereocenters. The monoisotopic (exact) mass is 426 g/mol. The fourth-order valence-corrected chi connectivity index (χ4v) is 3.36. The number of nitrogens with one attached hydrogen (secondary N) is 1. The lowest BCUT2D eigenvalue weighted by Crippen LogP contribution is -2.07. The summed E-state index contributed by atoms with van der Waals surface area (Å²) in [5.41, 5.74) is -1.55. The van der Waals surface area contributed by atoms with Crippen LogP contribution in [-0.4, -0.2) is 14.9 Å². The van der Waals surface area contributed by atoms with Gasteiger partial charge in [-0.2, -0.15) is 13.2 Å². The lowest BCUT2D eigenvalue weighted by molar-refractivity contribution is -0.387. The molecule has 3 aromatic rings. The van der Waals surface area contributed by atoms with E-state index in [-0.39, 0.29) is 16.5 Å². The third kappa shape index (κ3) is 4.52. The Bertz CT molecular complexity index is 1020. The first kappa shape index (κ1) is 19.9. The summed E-state index contributed by atoms with van der Waals surface area (Å²) >= 11 is 6.64. The molecular formula is C17H10ClF3N4O2S. The van der Waals surface area contributed by atoms with E-state index in [1.54, 1.807) is 30.3 Å². The number of hydrogen-bond acceptors (Lipinski definition) is 6. The van der Waals surface area contributed by atoms with Crippen LogP contribution in [0.1, 0.15) is 5.56 Å². The van der Waals surface area contributed by atoms with Crippen molar-refractivity contribution in [3.05, 3.63) is 75.6 Å². The summed E-state index contributed by atoms with van der Waals surface area (Å²) in [4.78, 5) is 19.4. The molecule has 0 aliphatic carbocycles. The highest BCUT2D eigenvalue weighted by atomic mass is 35.5. The molecule has 0 saturated carbocycles. The summed E-state index contributed by atoms with van der Waals surface area (Å²) in [5.74, 6) is -0.228. The quantitative estimate of drug-likeness (QED) is 0.308. The van der Waals surface area contributed by atoms with Crippen LogP contribution >= 0.6 is 23.4 Å². The maximum absolute atomic E-state index is 13.0. The van der Waals surface area contributed by atoms with E-state index in [1.807, 2.05) is 0 Å². The number of rotatable bonds is 5. The molecule has 0 spiro atoms. The number of hydrogen-bond donors (Lipinski definition) is 1. The van der Waals surface area contributed by atoms with Gasteiger partial charge in [0.1, 0.15) is 6.33 Å². The number of nitrogens with zero attached hydrogens (tertiary/aromatic N) is 3. The third-order valence-electron chi connectivity index (χ3n) is 3.46. The molecule has 0 bridgehead atoms. The average Bonchev–Trinajstić information content (AvgIpc) is 2.63. The van der Waals surface area contributed by atoms with Crippen molar-refractivity contribution in [1.29, 1.82) is 0 Å². The molecule has 0 radical (unpaired) electrons. The van der Waals surface area contributed by atoms with Crippen LogP contribution in [0.3, 0.4) is 0 Å². The molecule has 11 heteroatoms. The molecule has 0 fully saturated rings. The maximum Gasteiger partial charge on any atom is 0.417 e. The van der Waals surface area contributed by atoms with E-state index in [0.717, 1.165) is 30.2 Å². The van der Waals surface area contributed by atoms with Crippen molar-refractivity contribution in [2.75, 3.05) is 5.32 Å². The van der Waals surface area contributed by atoms with Gasteiger partial charge in [-0.1, -0.05) is 41.6 Å². The van der Waals surface area contributed by atoms with Gasteiger partial charge in [-0.25, -0.2) is 9.97 Å². The van der Waals surface area contributed by atoms with Gasteiger partial charge < -0.3 is 5.32 Å². The molecule has 1 heterocycles. The number of aromatic nitrogens is 2. The van der Waals surface area contributed by atoms with Crippen molar-refractivity contribution < 1.29 is 18.1 Å². The first-order chi connectivity index (χ1) is 13.3. The Balaban J connectivity index is 1.99. The first-order valence-corrected chi connectivity index (χ1v) is 8.81. The summed E-state index contributed by atoms with van der Waals surface area (Å²) in [6, 6.07) is 11.9. The van der Waals surface area contributed by atoms with E-state index in [0.29, 0.717) is 4.90 Å². The number of halogens is 4. The highest BCUT2D eigenvalue weighted by Crippen LogP contribution is 2.39. The number of alkyl halides is 3. The lowest BCUT2D eigenvalue weighted by atomic mass is 10.2. The van der Waals surface area contributed by atoms with E-state index < -0.39 is 27.4 Å². The van der Waals surface area contributed by atoms with Crippen molar-refractivity contribution in [3.8, 4) is 0 Å². The van der Waals surface area contributed by atoms with Crippen LogP contribution in [0.25, 0.3) is 0 Å². The molecule has 6 nitrogen and oxygen atoms in total. The molecule has 1 aromatic heterocycles. The van der Waals surface area contributed by atoms with Crippen LogP contribution in [0.4, 0.5) is 30.4 Å². The second kappa shape index (κ2) is 8.03. The van der Waals surface area contributed by atoms with Gasteiger partial charge in [0.25, 0.3) is 0 Å². The number of nitro groups is 1. The zero-order valence-corrected chi connectivity index (χ0v) is 15.3. The van der Waals surface area contributed by atoms with Gasteiger partial charge in [0.15, 0.2) is 5.03 Å². The average molecular weight is 427 g/mol. The Morgan fingerprint density at radius 1 is 1.11 bits per heavy atom. The minimum Gasteiger partial charge on any atom is -0.334 e. The van der Waals surface area contributed by atoms with E-state index in [4.69, 9.17) is 11.6 Å². The molecule has 0 aliphatic heterocycles. The van der Waals surface area contributed by atoms with Crippen molar-refractivity contribution >= 4 is 40.6 Å². The van der Waals surface area contributed by atoms with Crippen LogP contribution in [0, 0.1) is 10.1 Å². The van der Waals surface area contributed by atoms with Crippen LogP contribution < -0.4 is 5.32 Å². The summed E-state index contributed by atoms with van der Waals surface area (Å²) in [6.07, 6.45) is -3.57. The highest BCUT2D eigenvalue weighted by molar-refractivity contribution is 7.99. The van der Waals surface area contributed by atoms with Crippen LogP contribution in [0.2, 0.25) is 5.02 Å². The Morgan fingerprint density at radius 2 is 1.82 bits per heavy atom. The molecule has 0 atom stereocenters. The Hall–Kier alpha value is -2.85. The normalized spacial score (nSPS) is 11.3. The van der Waals surface area contributed by atoms with Gasteiger partial charge >= 0.3 is 11.9 Å². The smallest absolute Gasteiger partial charge is 0.334 e. The second-order valence-electron chi connectivity index (χ2n) is 5.37. The lowest BCUT2D eigenvalue weighted by Gasteiger charge is -2.12. The van der Waals surface area contributed by atoms with E-state index in [9.17, 15) is 23.3 Å². The fourth-order valence-electron chi connectivity index (χ4n) is 2.25. The summed E-state index contributed by atoms with van der Waals surface area (Å²) in [6.45, 7) is 0. The molecule has 28 heavy (non-hydrogen) atoms. The Kier molecular flexibility index (Phi) is 5.71. The van der Waals surface area contributed by atoms with E-state index in [1.165, 1.54) is 6.07 Å². The third-order valence-corrected chi connectivity index (χ3v) is 4.79. The Morgan fingerprint density at radius 3 is 2.46 bits per heavy atom. The van der Waals surface area contributed by atoms with Crippen molar-refractivity contribution in [3.63, 3.8) is 0 Å². The fraction of sp³-hybridized carbons (Fsp3) is 0.0588. The van der Waals surface area contributed by atoms with Gasteiger partial charge in [-0.15, -0.1) is 0 Å². The number of anilines is 2. The molecule has 3 rings (SSSR count). The van der Waals surface area contributed by atoms with Gasteiger partial charge in [-0.05, 0) is 30.3 Å². The standard InChI is InChI=1S/C17H10ClF3N4O2S/c18-13-7-6-10(8-12(13)17(19,20)21)24-15-14(25(26)27)16(23-9-22-15)28-11-4-2-1-3-5-11/h1-9H,(H,22,23,24). The Labute approximate surface area is 165 Å². The molecule has 0 amide bonds. The molecule has 1 N–H and O–H groups in total. The van der Waals surface area contributed by atoms with Gasteiger partial charge in [0, 0.05) is 10.6 Å². The first-order valence-electron chi connectivity index (χ1n) is 7.62. The van der Waals surface area contributed by atoms with E-state index >= 15 is 0 Å². The summed E-state index contributed by atoms with van der Waals surface area (Å²) in [7, 11) is 0. The van der Waals surface area contributed by atoms with Crippen LogP contribution in [0.15, 0.2) is 64.8 Å². The number of benzene rings is 2. The minimum absolute atomic E-state index is 0.0470. The minimum atomic E-state index is -4.67. The largest absolute Gasteiger partial charge is 0.417 e. The predicted molar refractivity (Wildman–Crippen MR) is 99.0 cm³/mol. The zero-order valence-electron chi connectivity index (χ0n) is 13.8. The van der Waals surface area contributed by atoms with Crippen molar-refractivity contribution in [2.24, 2.45) is 0 Å². The van der Waals surface area contributed by atoms with Crippen LogP contribution in [-0.2, 0) is 6.18 Å². The SMILES string of the molecule is O=[N+]([O-])c1c(Nc2ccc(Cl)c(C(F)(F)F)c2)ncnc1Sc1ccccc1. The van der Waals surface area contributed by atoms with E-state index in [2.05, 4.69) is 15.3 Å². The molecular weight excluding hydrogens is 417 g/mol. The highest BCUT2D eigenvalue weighted by Gasteiger charge is 2.33. The predicted octanol–water partition coefficient (Wildman–Crippen LogP) is 5.95. The molecule has 0 saturated heterocycles. The topological polar surface area (TPSA) is 81.0 Å². The molecule has 144 valence electrons. The van der Waals surface area contributed by atoms with Gasteiger partial charge in [-0.3, -0.25) is 10.1 Å². The van der Waals surface area contributed by atoms with Crippen LogP contribution in [0.5, 0.6) is 0 Å². The van der Waals surface area contributed by atoms with Gasteiger partial charge in [0.2, 0.25) is 5.82 Å².